The first-order chi connectivity index (χ1) is 28.3. The van der Waals surface area contributed by atoms with E-state index >= 15 is 0 Å². The number of nitrogens with zero attached hydrogens (tertiary/aromatic N) is 3. The molecule has 4 heterocycles. The third kappa shape index (κ3) is 4.37. The van der Waals surface area contributed by atoms with Gasteiger partial charge in [-0.3, -0.25) is 4.57 Å². The minimum atomic E-state index is 0.643. The van der Waals surface area contributed by atoms with Gasteiger partial charge < -0.3 is 4.42 Å². The molecule has 0 bridgehead atoms. The van der Waals surface area contributed by atoms with Crippen LogP contribution in [0.25, 0.3) is 125 Å². The molecule has 0 fully saturated rings. The zero-order chi connectivity index (χ0) is 37.2. The molecule has 0 aliphatic rings. The van der Waals surface area contributed by atoms with E-state index in [0.717, 1.165) is 55.1 Å². The van der Waals surface area contributed by atoms with Gasteiger partial charge in [0.1, 0.15) is 11.2 Å². The molecular weight excluding hydrogens is 715 g/mol. The monoisotopic (exact) mass is 743 g/mol. The maximum Gasteiger partial charge on any atom is 0.235 e. The molecule has 0 spiro atoms. The van der Waals surface area contributed by atoms with E-state index in [1.165, 1.54) is 63.6 Å². The first kappa shape index (κ1) is 30.9. The van der Waals surface area contributed by atoms with E-state index in [0.29, 0.717) is 5.95 Å². The molecular formula is C52H29N3OS. The largest absolute Gasteiger partial charge is 0.456 e. The van der Waals surface area contributed by atoms with Crippen LogP contribution in [0.4, 0.5) is 0 Å². The Bertz CT molecular complexity index is 3820. The summed E-state index contributed by atoms with van der Waals surface area (Å²) in [6.45, 7) is 0. The number of aromatic nitrogens is 3. The van der Waals surface area contributed by atoms with E-state index in [1.807, 2.05) is 11.3 Å². The molecule has 0 atom stereocenters. The molecule has 5 heteroatoms. The first-order valence-corrected chi connectivity index (χ1v) is 20.1. The van der Waals surface area contributed by atoms with Crippen LogP contribution in [0.2, 0.25) is 0 Å². The second-order valence-corrected chi connectivity index (χ2v) is 15.9. The minimum absolute atomic E-state index is 0.643. The normalized spacial score (nSPS) is 12.2. The van der Waals surface area contributed by atoms with Crippen LogP contribution in [0.1, 0.15) is 0 Å². The van der Waals surface area contributed by atoms with E-state index in [-0.39, 0.29) is 0 Å². The highest BCUT2D eigenvalue weighted by atomic mass is 32.1. The highest BCUT2D eigenvalue weighted by Crippen LogP contribution is 2.48. The topological polar surface area (TPSA) is 43.9 Å². The van der Waals surface area contributed by atoms with Gasteiger partial charge in [-0.2, -0.15) is 0 Å². The molecule has 4 aromatic heterocycles. The van der Waals surface area contributed by atoms with Crippen LogP contribution in [0, 0.1) is 0 Å². The van der Waals surface area contributed by atoms with Crippen molar-refractivity contribution in [2.45, 2.75) is 0 Å². The predicted octanol–water partition coefficient (Wildman–Crippen LogP) is 14.6. The summed E-state index contributed by atoms with van der Waals surface area (Å²) in [5, 5.41) is 13.0. The molecule has 0 N–H and O–H groups in total. The van der Waals surface area contributed by atoms with Crippen molar-refractivity contribution in [3.8, 4) is 28.3 Å². The van der Waals surface area contributed by atoms with E-state index in [2.05, 4.69) is 180 Å². The van der Waals surface area contributed by atoms with Crippen molar-refractivity contribution in [1.29, 1.82) is 0 Å². The van der Waals surface area contributed by atoms with Crippen molar-refractivity contribution >= 4 is 108 Å². The number of para-hydroxylation sites is 2. The lowest BCUT2D eigenvalue weighted by atomic mass is 9.97. The van der Waals surface area contributed by atoms with E-state index in [4.69, 9.17) is 14.4 Å². The number of benzene rings is 9. The van der Waals surface area contributed by atoms with Gasteiger partial charge in [-0.05, 0) is 75.1 Å². The Morgan fingerprint density at radius 3 is 2.04 bits per heavy atom. The SMILES string of the molecule is c1ccc(-c2ccc3sc4c(c3c2)c2ccccc2c2c3ccccc3n(-c3nc(-c5ccc6c(c5)oc5ccc7ccccc7c56)c5ccccc5n3)c42)cc1. The lowest BCUT2D eigenvalue weighted by molar-refractivity contribution is 0.669. The van der Waals surface area contributed by atoms with Crippen molar-refractivity contribution in [2.24, 2.45) is 0 Å². The van der Waals surface area contributed by atoms with Gasteiger partial charge in [0.2, 0.25) is 5.95 Å². The molecule has 264 valence electrons. The Hall–Kier alpha value is -7.34. The Morgan fingerprint density at radius 1 is 0.439 bits per heavy atom. The van der Waals surface area contributed by atoms with Crippen LogP contribution in [0.5, 0.6) is 0 Å². The molecule has 13 aromatic rings. The van der Waals surface area contributed by atoms with Crippen LogP contribution in [0.3, 0.4) is 0 Å². The fraction of sp³-hybridized carbons (Fsp3) is 0. The fourth-order valence-electron chi connectivity index (χ4n) is 9.27. The van der Waals surface area contributed by atoms with Gasteiger partial charge in [-0.15, -0.1) is 11.3 Å². The van der Waals surface area contributed by atoms with Gasteiger partial charge in [0, 0.05) is 48.0 Å². The van der Waals surface area contributed by atoms with Crippen LogP contribution in [-0.4, -0.2) is 14.5 Å². The molecule has 0 amide bonds. The summed E-state index contributed by atoms with van der Waals surface area (Å²) in [5.41, 5.74) is 9.10. The molecule has 0 aliphatic carbocycles. The Balaban J connectivity index is 1.13. The zero-order valence-electron chi connectivity index (χ0n) is 30.4. The Morgan fingerprint density at radius 2 is 1.16 bits per heavy atom. The number of fused-ring (bicyclic) bond motifs is 16. The van der Waals surface area contributed by atoms with Gasteiger partial charge in [0.25, 0.3) is 0 Å². The summed E-state index contributed by atoms with van der Waals surface area (Å²) in [6.07, 6.45) is 0. The lowest BCUT2D eigenvalue weighted by Gasteiger charge is -2.12. The smallest absolute Gasteiger partial charge is 0.235 e. The standard InChI is InChI=1S/C52H29N3OS/c1-2-12-30(13-3-1)32-24-27-45-40(28-32)48-36-17-7-6-16-35(36)47-38-19-9-11-21-42(38)55(50(47)51(48)57-45)52-53-41-20-10-8-18-37(41)49(54-52)33-22-25-39-44(29-33)56-43-26-23-31-14-4-5-15-34(31)46(39)43/h1-29H. The number of rotatable bonds is 3. The summed E-state index contributed by atoms with van der Waals surface area (Å²) < 4.78 is 11.4. The number of thiophene rings is 1. The van der Waals surface area contributed by atoms with Gasteiger partial charge in [0.15, 0.2) is 0 Å². The predicted molar refractivity (Wildman–Crippen MR) is 240 cm³/mol. The van der Waals surface area contributed by atoms with Crippen molar-refractivity contribution < 1.29 is 4.42 Å². The summed E-state index contributed by atoms with van der Waals surface area (Å²) in [7, 11) is 0. The van der Waals surface area contributed by atoms with Crippen LogP contribution >= 0.6 is 11.3 Å². The molecule has 9 aromatic carbocycles. The van der Waals surface area contributed by atoms with Gasteiger partial charge >= 0.3 is 0 Å². The molecule has 0 saturated carbocycles. The maximum atomic E-state index is 6.56. The van der Waals surface area contributed by atoms with Crippen LogP contribution < -0.4 is 0 Å². The summed E-state index contributed by atoms with van der Waals surface area (Å²) in [6, 6.07) is 62.8. The molecule has 57 heavy (non-hydrogen) atoms. The maximum absolute atomic E-state index is 6.56. The molecule has 0 unspecified atom stereocenters. The van der Waals surface area contributed by atoms with E-state index in [9.17, 15) is 0 Å². The van der Waals surface area contributed by atoms with Gasteiger partial charge in [-0.25, -0.2) is 9.97 Å². The molecule has 4 nitrogen and oxygen atoms in total. The third-order valence-electron chi connectivity index (χ3n) is 11.8. The third-order valence-corrected chi connectivity index (χ3v) is 13.0. The second kappa shape index (κ2) is 11.6. The summed E-state index contributed by atoms with van der Waals surface area (Å²) in [5.74, 6) is 0.643. The van der Waals surface area contributed by atoms with Crippen LogP contribution in [0.15, 0.2) is 180 Å². The van der Waals surface area contributed by atoms with Crippen LogP contribution in [-0.2, 0) is 0 Å². The Labute approximate surface area is 329 Å². The molecule has 13 rings (SSSR count). The first-order valence-electron chi connectivity index (χ1n) is 19.2. The van der Waals surface area contributed by atoms with Gasteiger partial charge in [-0.1, -0.05) is 133 Å². The quantitative estimate of drug-likeness (QED) is 0.181. The van der Waals surface area contributed by atoms with Crippen molar-refractivity contribution in [1.82, 2.24) is 14.5 Å². The number of hydrogen-bond acceptors (Lipinski definition) is 4. The lowest BCUT2D eigenvalue weighted by Crippen LogP contribution is -2.03. The average molecular weight is 744 g/mol. The summed E-state index contributed by atoms with van der Waals surface area (Å²) in [4.78, 5) is 10.9. The highest BCUT2D eigenvalue weighted by molar-refractivity contribution is 7.27. The Kier molecular flexibility index (Phi) is 6.29. The molecule has 0 saturated heterocycles. The minimum Gasteiger partial charge on any atom is -0.456 e. The second-order valence-electron chi connectivity index (χ2n) is 14.9. The average Bonchev–Trinajstić information content (AvgIpc) is 3.96. The van der Waals surface area contributed by atoms with Crippen molar-refractivity contribution in [3.05, 3.63) is 176 Å². The van der Waals surface area contributed by atoms with Crippen molar-refractivity contribution in [3.63, 3.8) is 0 Å². The number of hydrogen-bond donors (Lipinski definition) is 0. The number of furan rings is 1. The van der Waals surface area contributed by atoms with Crippen molar-refractivity contribution in [2.75, 3.05) is 0 Å². The molecule has 0 aliphatic heterocycles. The van der Waals surface area contributed by atoms with E-state index < -0.39 is 0 Å². The molecule has 0 radical (unpaired) electrons. The van der Waals surface area contributed by atoms with E-state index in [1.54, 1.807) is 0 Å². The zero-order valence-corrected chi connectivity index (χ0v) is 31.2. The highest BCUT2D eigenvalue weighted by Gasteiger charge is 2.24. The summed E-state index contributed by atoms with van der Waals surface area (Å²) >= 11 is 1.85. The fourth-order valence-corrected chi connectivity index (χ4v) is 10.5. The van der Waals surface area contributed by atoms with Gasteiger partial charge in [0.05, 0.1) is 26.9 Å².